The van der Waals surface area contributed by atoms with Gasteiger partial charge in [0.25, 0.3) is 0 Å². The van der Waals surface area contributed by atoms with E-state index in [1.165, 1.54) is 55.2 Å². The van der Waals surface area contributed by atoms with Crippen LogP contribution in [0.15, 0.2) is 60.9 Å². The number of aromatic nitrogens is 2. The predicted octanol–water partition coefficient (Wildman–Crippen LogP) is 6.20. The zero-order valence-corrected chi connectivity index (χ0v) is 15.9. The molecule has 1 heterocycles. The first-order valence-electron chi connectivity index (χ1n) is 9.72. The number of nitriles is 1. The minimum Gasteiger partial charge on any atom is -0.227 e. The summed E-state index contributed by atoms with van der Waals surface area (Å²) < 4.78 is 0. The lowest BCUT2D eigenvalue weighted by Crippen LogP contribution is -1.89. The molecule has 0 spiro atoms. The molecule has 0 bridgehead atoms. The summed E-state index contributed by atoms with van der Waals surface area (Å²) in [4.78, 5) is 8.06. The quantitative estimate of drug-likeness (QED) is 0.452. The van der Waals surface area contributed by atoms with E-state index in [9.17, 15) is 0 Å². The van der Waals surface area contributed by atoms with Gasteiger partial charge in [0, 0.05) is 18.0 Å². The molecule has 0 atom stereocenters. The number of nitrogens with zero attached hydrogens (tertiary/aromatic N) is 3. The average Bonchev–Trinajstić information content (AvgIpc) is 2.74. The summed E-state index contributed by atoms with van der Waals surface area (Å²) in [7, 11) is 0. The number of unbranched alkanes of at least 4 members (excludes halogenated alkanes) is 4. The van der Waals surface area contributed by atoms with Gasteiger partial charge in [0.15, 0.2) is 0 Å². The lowest BCUT2D eigenvalue weighted by molar-refractivity contribution is 0.632. The molecule has 0 aliphatic heterocycles. The van der Waals surface area contributed by atoms with Crippen molar-refractivity contribution in [2.45, 2.75) is 45.4 Å². The van der Waals surface area contributed by atoms with E-state index in [-0.39, 0.29) is 5.82 Å². The van der Waals surface area contributed by atoms with Crippen molar-refractivity contribution in [3.05, 3.63) is 72.3 Å². The fraction of sp³-hybridized carbons (Fsp3) is 0.292. The van der Waals surface area contributed by atoms with Gasteiger partial charge in [-0.15, -0.1) is 0 Å². The molecule has 3 heteroatoms. The molecule has 0 saturated heterocycles. The first-order valence-corrected chi connectivity index (χ1v) is 9.72. The Hall–Kier alpha value is -2.99. The Bertz CT molecular complexity index is 873. The largest absolute Gasteiger partial charge is 0.232 e. The zero-order valence-electron chi connectivity index (χ0n) is 15.9. The van der Waals surface area contributed by atoms with Crippen LogP contribution in [0.1, 0.15) is 50.4 Å². The molecular formula is C24H25N3. The molecule has 0 unspecified atom stereocenters. The van der Waals surface area contributed by atoms with E-state index in [0.29, 0.717) is 0 Å². The average molecular weight is 355 g/mol. The van der Waals surface area contributed by atoms with Crippen molar-refractivity contribution < 1.29 is 0 Å². The highest BCUT2D eigenvalue weighted by Crippen LogP contribution is 2.25. The van der Waals surface area contributed by atoms with E-state index >= 15 is 0 Å². The van der Waals surface area contributed by atoms with Crippen LogP contribution in [0.25, 0.3) is 22.3 Å². The SMILES string of the molecule is CCCCCCCc1ccc(-c2ccc(-c3cnc(C#N)nc3)cc2)cc1. The van der Waals surface area contributed by atoms with Crippen LogP contribution in [-0.4, -0.2) is 9.97 Å². The van der Waals surface area contributed by atoms with Crippen molar-refractivity contribution in [2.24, 2.45) is 0 Å². The monoisotopic (exact) mass is 355 g/mol. The minimum atomic E-state index is 0.195. The van der Waals surface area contributed by atoms with Crippen LogP contribution in [0, 0.1) is 11.3 Å². The molecule has 27 heavy (non-hydrogen) atoms. The molecule has 3 rings (SSSR count). The van der Waals surface area contributed by atoms with E-state index in [0.717, 1.165) is 11.1 Å². The van der Waals surface area contributed by atoms with Crippen LogP contribution >= 0.6 is 0 Å². The summed E-state index contributed by atoms with van der Waals surface area (Å²) in [5, 5.41) is 8.79. The van der Waals surface area contributed by atoms with Crippen molar-refractivity contribution in [1.82, 2.24) is 9.97 Å². The fourth-order valence-corrected chi connectivity index (χ4v) is 3.19. The number of aryl methyl sites for hydroxylation is 1. The van der Waals surface area contributed by atoms with Crippen LogP contribution in [0.5, 0.6) is 0 Å². The maximum absolute atomic E-state index is 8.79. The third-order valence-corrected chi connectivity index (χ3v) is 4.83. The normalized spacial score (nSPS) is 10.5. The van der Waals surface area contributed by atoms with Crippen molar-refractivity contribution >= 4 is 0 Å². The van der Waals surface area contributed by atoms with E-state index < -0.39 is 0 Å². The Kier molecular flexibility index (Phi) is 6.71. The first kappa shape index (κ1) is 18.8. The Morgan fingerprint density at radius 3 is 1.78 bits per heavy atom. The van der Waals surface area contributed by atoms with Crippen molar-refractivity contribution in [3.63, 3.8) is 0 Å². The number of rotatable bonds is 8. The second kappa shape index (κ2) is 9.64. The van der Waals surface area contributed by atoms with Gasteiger partial charge < -0.3 is 0 Å². The van der Waals surface area contributed by atoms with E-state index in [1.54, 1.807) is 12.4 Å². The third kappa shape index (κ3) is 5.24. The number of hydrogen-bond acceptors (Lipinski definition) is 3. The van der Waals surface area contributed by atoms with Crippen LogP contribution in [0.2, 0.25) is 0 Å². The molecular weight excluding hydrogens is 330 g/mol. The molecule has 0 saturated carbocycles. The maximum Gasteiger partial charge on any atom is 0.232 e. The minimum absolute atomic E-state index is 0.195. The summed E-state index contributed by atoms with van der Waals surface area (Å²) in [5.74, 6) is 0.195. The van der Waals surface area contributed by atoms with Gasteiger partial charge >= 0.3 is 0 Å². The first-order chi connectivity index (χ1) is 13.3. The van der Waals surface area contributed by atoms with Gasteiger partial charge in [-0.1, -0.05) is 81.1 Å². The van der Waals surface area contributed by atoms with Gasteiger partial charge in [0.05, 0.1) is 0 Å². The second-order valence-corrected chi connectivity index (χ2v) is 6.85. The van der Waals surface area contributed by atoms with Gasteiger partial charge in [-0.2, -0.15) is 5.26 Å². The number of benzene rings is 2. The van der Waals surface area contributed by atoms with Crippen LogP contribution in [0.4, 0.5) is 0 Å². The van der Waals surface area contributed by atoms with E-state index in [2.05, 4.69) is 65.4 Å². The summed E-state index contributed by atoms with van der Waals surface area (Å²) in [5.41, 5.74) is 5.81. The summed E-state index contributed by atoms with van der Waals surface area (Å²) in [6.45, 7) is 2.25. The standard InChI is InChI=1S/C24H25N3/c1-2-3-4-5-6-7-19-8-10-20(11-9-19)21-12-14-22(15-13-21)23-17-26-24(16-25)27-18-23/h8-15,17-18H,2-7H2,1H3. The van der Waals surface area contributed by atoms with Crippen molar-refractivity contribution in [3.8, 4) is 28.3 Å². The Balaban J connectivity index is 1.62. The highest BCUT2D eigenvalue weighted by Gasteiger charge is 2.03. The molecule has 0 radical (unpaired) electrons. The van der Waals surface area contributed by atoms with E-state index in [4.69, 9.17) is 5.26 Å². The van der Waals surface area contributed by atoms with Crippen LogP contribution in [0.3, 0.4) is 0 Å². The van der Waals surface area contributed by atoms with E-state index in [1.807, 2.05) is 6.07 Å². The lowest BCUT2D eigenvalue weighted by Gasteiger charge is -2.07. The highest BCUT2D eigenvalue weighted by atomic mass is 14.9. The summed E-state index contributed by atoms with van der Waals surface area (Å²) in [6, 6.07) is 19.2. The summed E-state index contributed by atoms with van der Waals surface area (Å²) >= 11 is 0. The Labute approximate surface area is 161 Å². The second-order valence-electron chi connectivity index (χ2n) is 6.85. The molecule has 1 aromatic heterocycles. The lowest BCUT2D eigenvalue weighted by atomic mass is 9.99. The zero-order chi connectivity index (χ0) is 18.9. The molecule has 3 aromatic rings. The van der Waals surface area contributed by atoms with Gasteiger partial charge in [-0.25, -0.2) is 9.97 Å². The molecule has 2 aromatic carbocycles. The Morgan fingerprint density at radius 2 is 1.22 bits per heavy atom. The smallest absolute Gasteiger partial charge is 0.227 e. The van der Waals surface area contributed by atoms with Gasteiger partial charge in [0.2, 0.25) is 5.82 Å². The summed E-state index contributed by atoms with van der Waals surface area (Å²) in [6.07, 6.45) is 11.2. The number of hydrogen-bond donors (Lipinski definition) is 0. The third-order valence-electron chi connectivity index (χ3n) is 4.83. The molecule has 0 N–H and O–H groups in total. The van der Waals surface area contributed by atoms with Crippen LogP contribution < -0.4 is 0 Å². The molecule has 3 nitrogen and oxygen atoms in total. The molecule has 0 amide bonds. The highest BCUT2D eigenvalue weighted by molar-refractivity contribution is 5.69. The maximum atomic E-state index is 8.79. The molecule has 136 valence electrons. The molecule has 0 fully saturated rings. The Morgan fingerprint density at radius 1 is 0.704 bits per heavy atom. The van der Waals surface area contributed by atoms with Gasteiger partial charge in [-0.05, 0) is 35.1 Å². The molecule has 0 aliphatic rings. The van der Waals surface area contributed by atoms with Gasteiger partial charge in [0.1, 0.15) is 6.07 Å². The fourth-order valence-electron chi connectivity index (χ4n) is 3.19. The van der Waals surface area contributed by atoms with Crippen LogP contribution in [-0.2, 0) is 6.42 Å². The predicted molar refractivity (Wildman–Crippen MR) is 110 cm³/mol. The van der Waals surface area contributed by atoms with Crippen molar-refractivity contribution in [1.29, 1.82) is 5.26 Å². The van der Waals surface area contributed by atoms with Crippen molar-refractivity contribution in [2.75, 3.05) is 0 Å². The topological polar surface area (TPSA) is 49.6 Å². The van der Waals surface area contributed by atoms with Gasteiger partial charge in [-0.3, -0.25) is 0 Å². The molecule has 0 aliphatic carbocycles.